The molecule has 0 saturated heterocycles. The lowest BCUT2D eigenvalue weighted by Gasteiger charge is -2.12. The molecule has 0 saturated carbocycles. The van der Waals surface area contributed by atoms with Gasteiger partial charge in [-0.2, -0.15) is 0 Å². The summed E-state index contributed by atoms with van der Waals surface area (Å²) in [5, 5.41) is 0. The summed E-state index contributed by atoms with van der Waals surface area (Å²) in [6.07, 6.45) is 3.86. The number of imidazole rings is 1. The van der Waals surface area contributed by atoms with E-state index in [0.29, 0.717) is 11.3 Å². The first-order valence-electron chi connectivity index (χ1n) is 9.43. The van der Waals surface area contributed by atoms with Crippen molar-refractivity contribution < 1.29 is 13.2 Å². The van der Waals surface area contributed by atoms with Crippen molar-refractivity contribution in [3.05, 3.63) is 83.7 Å². The predicted octanol–water partition coefficient (Wildman–Crippen LogP) is 4.62. The molecule has 0 aliphatic heterocycles. The first kappa shape index (κ1) is 19.8. The zero-order valence-corrected chi connectivity index (χ0v) is 17.7. The zero-order valence-electron chi connectivity index (χ0n) is 16.9. The lowest BCUT2D eigenvalue weighted by Crippen LogP contribution is -2.14. The summed E-state index contributed by atoms with van der Waals surface area (Å²) in [6.45, 7) is 5.25. The van der Waals surface area contributed by atoms with Gasteiger partial charge in [0.05, 0.1) is 16.3 Å². The number of aryl methyl sites for hydroxylation is 2. The molecule has 152 valence electrons. The molecule has 0 atom stereocenters. The number of carbonyl (C=O) groups is 1. The van der Waals surface area contributed by atoms with Crippen molar-refractivity contribution in [1.82, 2.24) is 9.38 Å². The second-order valence-corrected chi connectivity index (χ2v) is 9.00. The highest BCUT2D eigenvalue weighted by molar-refractivity contribution is 7.92. The fourth-order valence-electron chi connectivity index (χ4n) is 3.20. The van der Waals surface area contributed by atoms with E-state index < -0.39 is 10.0 Å². The number of Topliss-reactive ketones (excluding diaryl/α,β-unsaturated/α-hetero) is 1. The van der Waals surface area contributed by atoms with Gasteiger partial charge in [0.1, 0.15) is 5.65 Å². The second kappa shape index (κ2) is 7.42. The average Bonchev–Trinajstić information content (AvgIpc) is 3.12. The largest absolute Gasteiger partial charge is 0.306 e. The van der Waals surface area contributed by atoms with Crippen LogP contribution < -0.4 is 4.72 Å². The van der Waals surface area contributed by atoms with Crippen LogP contribution in [0.3, 0.4) is 0 Å². The van der Waals surface area contributed by atoms with Gasteiger partial charge in [0.2, 0.25) is 0 Å². The van der Waals surface area contributed by atoms with Gasteiger partial charge in [0.15, 0.2) is 5.78 Å². The number of aromatic nitrogens is 2. The second-order valence-electron chi connectivity index (χ2n) is 7.31. The van der Waals surface area contributed by atoms with Crippen molar-refractivity contribution >= 4 is 27.1 Å². The standard InChI is InChI=1S/C23H21N3O3S/c1-15-9-10-26-14-22(24-23(26)11-15)19-8-7-16(2)21(13-19)25-30(28,29)20-6-4-5-18(12-20)17(3)27/h4-14,25H,1-3H3. The highest BCUT2D eigenvalue weighted by Crippen LogP contribution is 2.27. The number of hydrogen-bond acceptors (Lipinski definition) is 4. The average molecular weight is 420 g/mol. The first-order valence-corrected chi connectivity index (χ1v) is 10.9. The van der Waals surface area contributed by atoms with E-state index in [0.717, 1.165) is 28.0 Å². The lowest BCUT2D eigenvalue weighted by molar-refractivity contribution is 0.101. The Labute approximate surface area is 175 Å². The summed E-state index contributed by atoms with van der Waals surface area (Å²) in [6, 6.07) is 15.5. The van der Waals surface area contributed by atoms with Gasteiger partial charge < -0.3 is 4.40 Å². The van der Waals surface area contributed by atoms with E-state index in [1.165, 1.54) is 19.1 Å². The highest BCUT2D eigenvalue weighted by Gasteiger charge is 2.17. The van der Waals surface area contributed by atoms with E-state index in [2.05, 4.69) is 9.71 Å². The Hall–Kier alpha value is -3.45. The third-order valence-corrected chi connectivity index (χ3v) is 6.31. The smallest absolute Gasteiger partial charge is 0.261 e. The first-order chi connectivity index (χ1) is 14.2. The maximum absolute atomic E-state index is 12.9. The maximum atomic E-state index is 12.9. The molecule has 7 heteroatoms. The number of fused-ring (bicyclic) bond motifs is 1. The van der Waals surface area contributed by atoms with Crippen LogP contribution in [0, 0.1) is 13.8 Å². The van der Waals surface area contributed by atoms with Gasteiger partial charge >= 0.3 is 0 Å². The molecule has 4 rings (SSSR count). The molecule has 2 heterocycles. The van der Waals surface area contributed by atoms with E-state index in [1.807, 2.05) is 54.9 Å². The summed E-state index contributed by atoms with van der Waals surface area (Å²) in [4.78, 5) is 16.3. The van der Waals surface area contributed by atoms with E-state index >= 15 is 0 Å². The monoisotopic (exact) mass is 419 g/mol. The summed E-state index contributed by atoms with van der Waals surface area (Å²) < 4.78 is 30.4. The molecule has 0 amide bonds. The van der Waals surface area contributed by atoms with Gasteiger partial charge in [-0.1, -0.05) is 24.3 Å². The molecule has 0 radical (unpaired) electrons. The van der Waals surface area contributed by atoms with Crippen molar-refractivity contribution in [3.8, 4) is 11.3 Å². The van der Waals surface area contributed by atoms with E-state index in [9.17, 15) is 13.2 Å². The van der Waals surface area contributed by atoms with Crippen molar-refractivity contribution in [2.75, 3.05) is 4.72 Å². The SMILES string of the molecule is CC(=O)c1cccc(S(=O)(=O)Nc2cc(-c3cn4ccc(C)cc4n3)ccc2C)c1. The molecule has 0 spiro atoms. The fraction of sp³-hybridized carbons (Fsp3) is 0.130. The number of anilines is 1. The third-order valence-electron chi connectivity index (χ3n) is 4.94. The van der Waals surface area contributed by atoms with Gasteiger partial charge in [-0.25, -0.2) is 13.4 Å². The van der Waals surface area contributed by atoms with Crippen LogP contribution in [-0.2, 0) is 10.0 Å². The van der Waals surface area contributed by atoms with Crippen molar-refractivity contribution in [2.45, 2.75) is 25.7 Å². The van der Waals surface area contributed by atoms with E-state index in [-0.39, 0.29) is 10.7 Å². The fourth-order valence-corrected chi connectivity index (χ4v) is 4.37. The van der Waals surface area contributed by atoms with Crippen LogP contribution in [0.25, 0.3) is 16.9 Å². The van der Waals surface area contributed by atoms with Gasteiger partial charge in [-0.3, -0.25) is 9.52 Å². The molecular weight excluding hydrogens is 398 g/mol. The Kier molecular flexibility index (Phi) is 4.91. The minimum Gasteiger partial charge on any atom is -0.306 e. The van der Waals surface area contributed by atoms with Gasteiger partial charge in [-0.05, 0) is 62.2 Å². The number of pyridine rings is 1. The van der Waals surface area contributed by atoms with Crippen LogP contribution in [0.15, 0.2) is 71.9 Å². The quantitative estimate of drug-likeness (QED) is 0.479. The maximum Gasteiger partial charge on any atom is 0.261 e. The van der Waals surface area contributed by atoms with E-state index in [1.54, 1.807) is 18.2 Å². The number of nitrogens with zero attached hydrogens (tertiary/aromatic N) is 2. The summed E-state index contributed by atoms with van der Waals surface area (Å²) >= 11 is 0. The Balaban J connectivity index is 1.71. The number of nitrogens with one attached hydrogen (secondary N) is 1. The number of sulfonamides is 1. The molecule has 1 N–H and O–H groups in total. The Morgan fingerprint density at radius 2 is 1.83 bits per heavy atom. The van der Waals surface area contributed by atoms with Gasteiger partial charge in [0, 0.05) is 23.5 Å². The molecule has 2 aromatic carbocycles. The van der Waals surface area contributed by atoms with Crippen LogP contribution in [0.1, 0.15) is 28.4 Å². The molecule has 30 heavy (non-hydrogen) atoms. The van der Waals surface area contributed by atoms with Gasteiger partial charge in [0.25, 0.3) is 10.0 Å². The summed E-state index contributed by atoms with van der Waals surface area (Å²) in [5.41, 5.74) is 5.09. The Morgan fingerprint density at radius 3 is 2.60 bits per heavy atom. The molecule has 4 aromatic rings. The third kappa shape index (κ3) is 3.84. The van der Waals surface area contributed by atoms with Crippen molar-refractivity contribution in [3.63, 3.8) is 0 Å². The van der Waals surface area contributed by atoms with Crippen LogP contribution in [0.2, 0.25) is 0 Å². The van der Waals surface area contributed by atoms with Crippen LogP contribution in [0.5, 0.6) is 0 Å². The lowest BCUT2D eigenvalue weighted by atomic mass is 10.1. The zero-order chi connectivity index (χ0) is 21.5. The van der Waals surface area contributed by atoms with Crippen LogP contribution in [0.4, 0.5) is 5.69 Å². The van der Waals surface area contributed by atoms with Crippen molar-refractivity contribution in [2.24, 2.45) is 0 Å². The number of hydrogen-bond donors (Lipinski definition) is 1. The number of carbonyl (C=O) groups excluding carboxylic acids is 1. The number of benzene rings is 2. The molecule has 0 fully saturated rings. The van der Waals surface area contributed by atoms with Gasteiger partial charge in [-0.15, -0.1) is 0 Å². The molecule has 0 unspecified atom stereocenters. The normalized spacial score (nSPS) is 11.6. The summed E-state index contributed by atoms with van der Waals surface area (Å²) in [7, 11) is -3.85. The topological polar surface area (TPSA) is 80.5 Å². The molecule has 0 aliphatic rings. The number of rotatable bonds is 5. The molecule has 6 nitrogen and oxygen atoms in total. The minimum atomic E-state index is -3.85. The molecule has 2 aromatic heterocycles. The molecule has 0 bridgehead atoms. The van der Waals surface area contributed by atoms with Crippen LogP contribution >= 0.6 is 0 Å². The minimum absolute atomic E-state index is 0.0446. The number of ketones is 1. The van der Waals surface area contributed by atoms with Crippen LogP contribution in [-0.4, -0.2) is 23.6 Å². The Morgan fingerprint density at radius 1 is 1.03 bits per heavy atom. The summed E-state index contributed by atoms with van der Waals surface area (Å²) in [5.74, 6) is -0.188. The van der Waals surface area contributed by atoms with Crippen molar-refractivity contribution in [1.29, 1.82) is 0 Å². The molecular formula is C23H21N3O3S. The predicted molar refractivity (Wildman–Crippen MR) is 117 cm³/mol. The molecule has 0 aliphatic carbocycles. The Bertz CT molecular complexity index is 1390. The highest BCUT2D eigenvalue weighted by atomic mass is 32.2. The van der Waals surface area contributed by atoms with E-state index in [4.69, 9.17) is 0 Å².